The summed E-state index contributed by atoms with van der Waals surface area (Å²) in [7, 11) is 0. The number of nitrogens with zero attached hydrogens (tertiary/aromatic N) is 4. The average molecular weight is 432 g/mol. The summed E-state index contributed by atoms with van der Waals surface area (Å²) >= 11 is 1.74. The predicted molar refractivity (Wildman–Crippen MR) is 122 cm³/mol. The highest BCUT2D eigenvalue weighted by Crippen LogP contribution is 2.40. The smallest absolute Gasteiger partial charge is 0.224 e. The van der Waals surface area contributed by atoms with E-state index in [0.29, 0.717) is 13.1 Å². The van der Waals surface area contributed by atoms with Gasteiger partial charge in [-0.3, -0.25) is 4.79 Å². The third-order valence-corrected chi connectivity index (χ3v) is 7.20. The van der Waals surface area contributed by atoms with Crippen molar-refractivity contribution in [2.75, 3.05) is 0 Å². The molecule has 31 heavy (non-hydrogen) atoms. The molecule has 2 unspecified atom stereocenters. The number of nitrogens with one attached hydrogen (secondary N) is 1. The van der Waals surface area contributed by atoms with Crippen LogP contribution >= 0.6 is 11.3 Å². The van der Waals surface area contributed by atoms with Crippen molar-refractivity contribution in [3.8, 4) is 0 Å². The van der Waals surface area contributed by atoms with Gasteiger partial charge in [-0.1, -0.05) is 49.2 Å². The number of hydrogen-bond acceptors (Lipinski definition) is 5. The highest BCUT2D eigenvalue weighted by Gasteiger charge is 2.33. The van der Waals surface area contributed by atoms with E-state index in [1.807, 2.05) is 12.1 Å². The topological polar surface area (TPSA) is 72.7 Å². The van der Waals surface area contributed by atoms with Gasteiger partial charge in [0.25, 0.3) is 0 Å². The summed E-state index contributed by atoms with van der Waals surface area (Å²) in [5.41, 5.74) is 3.30. The van der Waals surface area contributed by atoms with E-state index in [0.717, 1.165) is 47.3 Å². The molecule has 0 aliphatic heterocycles. The van der Waals surface area contributed by atoms with Crippen molar-refractivity contribution in [1.82, 2.24) is 25.1 Å². The van der Waals surface area contributed by atoms with Crippen molar-refractivity contribution < 1.29 is 4.79 Å². The highest BCUT2D eigenvalue weighted by molar-refractivity contribution is 7.18. The van der Waals surface area contributed by atoms with Gasteiger partial charge in [0, 0.05) is 18.4 Å². The number of carbonyl (C=O) groups excluding carboxylic acids is 1. The molecule has 1 fully saturated rings. The largest absolute Gasteiger partial charge is 0.352 e. The maximum Gasteiger partial charge on any atom is 0.224 e. The molecule has 2 heterocycles. The van der Waals surface area contributed by atoms with Crippen LogP contribution in [0.5, 0.6) is 0 Å². The number of fused-ring (bicyclic) bond motifs is 1. The second kappa shape index (κ2) is 8.98. The van der Waals surface area contributed by atoms with Gasteiger partial charge in [0.2, 0.25) is 5.91 Å². The molecule has 1 amide bonds. The Hall–Kier alpha value is -3.06. The number of rotatable bonds is 6. The SMILES string of the molecule is O=C(NCc1ccc(Cn2cncn2)cc1)C1CCCCC1c1nc2ccccc2s1. The van der Waals surface area contributed by atoms with Gasteiger partial charge in [0.05, 0.1) is 21.8 Å². The Bertz CT molecular complexity index is 1120. The molecule has 1 N–H and O–H groups in total. The summed E-state index contributed by atoms with van der Waals surface area (Å²) < 4.78 is 3.00. The van der Waals surface area contributed by atoms with E-state index in [-0.39, 0.29) is 17.7 Å². The minimum Gasteiger partial charge on any atom is -0.352 e. The molecule has 2 aromatic heterocycles. The van der Waals surface area contributed by atoms with Crippen LogP contribution in [0.15, 0.2) is 61.2 Å². The molecule has 0 saturated heterocycles. The van der Waals surface area contributed by atoms with E-state index in [1.54, 1.807) is 22.3 Å². The zero-order valence-electron chi connectivity index (χ0n) is 17.3. The standard InChI is InChI=1S/C24H25N5OS/c30-23(26-13-17-9-11-18(12-10-17)14-29-16-25-15-27-29)19-5-1-2-6-20(19)24-28-21-7-3-4-8-22(21)31-24/h3-4,7-12,15-16,19-20H,1-2,5-6,13-14H2,(H,26,30). The van der Waals surface area contributed by atoms with Crippen LogP contribution in [-0.4, -0.2) is 25.7 Å². The summed E-state index contributed by atoms with van der Waals surface area (Å²) in [6.45, 7) is 1.24. The second-order valence-electron chi connectivity index (χ2n) is 8.14. The number of amides is 1. The van der Waals surface area contributed by atoms with E-state index < -0.39 is 0 Å². The zero-order chi connectivity index (χ0) is 21.0. The number of hydrogen-bond donors (Lipinski definition) is 1. The van der Waals surface area contributed by atoms with Crippen molar-refractivity contribution >= 4 is 27.5 Å². The van der Waals surface area contributed by atoms with E-state index >= 15 is 0 Å². The lowest BCUT2D eigenvalue weighted by Crippen LogP contribution is -2.35. The highest BCUT2D eigenvalue weighted by atomic mass is 32.1. The fourth-order valence-corrected chi connectivity index (χ4v) is 5.54. The molecule has 4 aromatic rings. The number of carbonyl (C=O) groups is 1. The van der Waals surface area contributed by atoms with E-state index in [1.165, 1.54) is 11.0 Å². The van der Waals surface area contributed by atoms with E-state index in [2.05, 4.69) is 51.8 Å². The van der Waals surface area contributed by atoms with Crippen molar-refractivity contribution in [2.45, 2.75) is 44.7 Å². The van der Waals surface area contributed by atoms with Crippen LogP contribution in [0.4, 0.5) is 0 Å². The van der Waals surface area contributed by atoms with Gasteiger partial charge in [0.15, 0.2) is 0 Å². The molecule has 0 bridgehead atoms. The van der Waals surface area contributed by atoms with Crippen LogP contribution in [0.25, 0.3) is 10.2 Å². The second-order valence-corrected chi connectivity index (χ2v) is 9.21. The first-order valence-corrected chi connectivity index (χ1v) is 11.6. The molecule has 1 saturated carbocycles. The molecular formula is C24H25N5OS. The maximum absolute atomic E-state index is 13.1. The third kappa shape index (κ3) is 4.51. The Balaban J connectivity index is 1.23. The predicted octanol–water partition coefficient (Wildman–Crippen LogP) is 4.53. The van der Waals surface area contributed by atoms with Gasteiger partial charge >= 0.3 is 0 Å². The molecule has 0 radical (unpaired) electrons. The summed E-state index contributed by atoms with van der Waals surface area (Å²) in [4.78, 5) is 21.9. The molecule has 5 rings (SSSR count). The van der Waals surface area contributed by atoms with Gasteiger partial charge in [-0.2, -0.15) is 5.10 Å². The van der Waals surface area contributed by atoms with E-state index in [9.17, 15) is 4.79 Å². The summed E-state index contributed by atoms with van der Waals surface area (Å²) in [6.07, 6.45) is 7.49. The van der Waals surface area contributed by atoms with Crippen molar-refractivity contribution in [3.63, 3.8) is 0 Å². The van der Waals surface area contributed by atoms with Crippen molar-refractivity contribution in [3.05, 3.63) is 77.3 Å². The first-order valence-electron chi connectivity index (χ1n) is 10.8. The number of aromatic nitrogens is 4. The molecule has 1 aliphatic carbocycles. The number of para-hydroxylation sites is 1. The third-order valence-electron chi connectivity index (χ3n) is 6.03. The van der Waals surface area contributed by atoms with Gasteiger partial charge in [-0.25, -0.2) is 14.6 Å². The van der Waals surface area contributed by atoms with Crippen molar-refractivity contribution in [2.24, 2.45) is 5.92 Å². The minimum atomic E-state index is 0.000834. The maximum atomic E-state index is 13.1. The molecule has 158 valence electrons. The quantitative estimate of drug-likeness (QED) is 0.487. The van der Waals surface area contributed by atoms with Gasteiger partial charge in [-0.15, -0.1) is 11.3 Å². The molecular weight excluding hydrogens is 406 g/mol. The van der Waals surface area contributed by atoms with Crippen LogP contribution < -0.4 is 5.32 Å². The van der Waals surface area contributed by atoms with Crippen LogP contribution in [0.2, 0.25) is 0 Å². The number of benzene rings is 2. The minimum absolute atomic E-state index is 0.000834. The van der Waals surface area contributed by atoms with Gasteiger partial charge < -0.3 is 5.32 Å². The molecule has 2 aromatic carbocycles. The molecule has 2 atom stereocenters. The Morgan fingerprint density at radius 3 is 2.68 bits per heavy atom. The summed E-state index contributed by atoms with van der Waals surface area (Å²) in [6, 6.07) is 16.5. The summed E-state index contributed by atoms with van der Waals surface area (Å²) in [5.74, 6) is 0.368. The van der Waals surface area contributed by atoms with Crippen LogP contribution in [-0.2, 0) is 17.9 Å². The fraction of sp³-hybridized carbons (Fsp3) is 0.333. The van der Waals surface area contributed by atoms with Crippen LogP contribution in [0.1, 0.15) is 47.7 Å². The number of thiazole rings is 1. The normalized spacial score (nSPS) is 18.8. The lowest BCUT2D eigenvalue weighted by molar-refractivity contribution is -0.126. The molecule has 7 heteroatoms. The molecule has 6 nitrogen and oxygen atoms in total. The molecule has 0 spiro atoms. The first kappa shape index (κ1) is 19.9. The fourth-order valence-electron chi connectivity index (χ4n) is 4.37. The molecule has 1 aliphatic rings. The average Bonchev–Trinajstić information content (AvgIpc) is 3.48. The lowest BCUT2D eigenvalue weighted by Gasteiger charge is -2.29. The summed E-state index contributed by atoms with van der Waals surface area (Å²) in [5, 5.41) is 8.42. The van der Waals surface area contributed by atoms with E-state index in [4.69, 9.17) is 4.98 Å². The van der Waals surface area contributed by atoms with Gasteiger partial charge in [0.1, 0.15) is 12.7 Å². The first-order chi connectivity index (χ1) is 15.3. The Kier molecular flexibility index (Phi) is 5.76. The lowest BCUT2D eigenvalue weighted by atomic mass is 9.79. The van der Waals surface area contributed by atoms with Gasteiger partial charge in [-0.05, 0) is 36.1 Å². The Morgan fingerprint density at radius 1 is 1.06 bits per heavy atom. The van der Waals surface area contributed by atoms with Crippen LogP contribution in [0.3, 0.4) is 0 Å². The Morgan fingerprint density at radius 2 is 1.87 bits per heavy atom. The zero-order valence-corrected chi connectivity index (χ0v) is 18.1. The van der Waals surface area contributed by atoms with Crippen molar-refractivity contribution in [1.29, 1.82) is 0 Å². The Labute approximate surface area is 185 Å². The monoisotopic (exact) mass is 431 g/mol. The van der Waals surface area contributed by atoms with Crippen LogP contribution in [0, 0.1) is 5.92 Å².